The van der Waals surface area contributed by atoms with Gasteiger partial charge in [-0.25, -0.2) is 4.98 Å². The Hall–Kier alpha value is -2.70. The van der Waals surface area contributed by atoms with Crippen LogP contribution in [-0.2, 0) is 0 Å². The van der Waals surface area contributed by atoms with Gasteiger partial charge in [0.25, 0.3) is 0 Å². The van der Waals surface area contributed by atoms with Gasteiger partial charge >= 0.3 is 5.88 Å². The van der Waals surface area contributed by atoms with Crippen LogP contribution in [0.2, 0.25) is 0 Å². The number of rotatable bonds is 4. The van der Waals surface area contributed by atoms with Crippen LogP contribution in [0.3, 0.4) is 0 Å². The Morgan fingerprint density at radius 2 is 2.29 bits per heavy atom. The molecule has 0 fully saturated rings. The molecule has 0 radical (unpaired) electrons. The number of hydrogen-bond acceptors (Lipinski definition) is 6. The molecule has 0 unspecified atom stereocenters. The SMILES string of the molecule is O=[N+]([O-])c1ccc(/C=N\Nc2ccccn2)o1. The molecule has 7 heteroatoms. The van der Waals surface area contributed by atoms with Crippen LogP contribution in [-0.4, -0.2) is 16.1 Å². The fourth-order valence-electron chi connectivity index (χ4n) is 1.10. The molecule has 0 amide bonds. The summed E-state index contributed by atoms with van der Waals surface area (Å²) in [6, 6.07) is 8.05. The van der Waals surface area contributed by atoms with Crippen molar-refractivity contribution in [3.8, 4) is 0 Å². The number of nitrogens with zero attached hydrogens (tertiary/aromatic N) is 3. The van der Waals surface area contributed by atoms with Crippen LogP contribution in [0.5, 0.6) is 0 Å². The molecule has 0 bridgehead atoms. The zero-order valence-electron chi connectivity index (χ0n) is 8.61. The summed E-state index contributed by atoms with van der Waals surface area (Å²) in [6.07, 6.45) is 2.96. The summed E-state index contributed by atoms with van der Waals surface area (Å²) in [5, 5.41) is 14.2. The predicted molar refractivity (Wildman–Crippen MR) is 60.8 cm³/mol. The fourth-order valence-corrected chi connectivity index (χ4v) is 1.10. The molecule has 0 atom stereocenters. The van der Waals surface area contributed by atoms with Gasteiger partial charge in [0.05, 0.1) is 12.3 Å². The van der Waals surface area contributed by atoms with Crippen LogP contribution in [0.4, 0.5) is 11.7 Å². The van der Waals surface area contributed by atoms with Crippen molar-refractivity contribution >= 4 is 17.9 Å². The highest BCUT2D eigenvalue weighted by atomic mass is 16.6. The first-order chi connectivity index (χ1) is 8.25. The van der Waals surface area contributed by atoms with E-state index in [4.69, 9.17) is 4.42 Å². The first-order valence-electron chi connectivity index (χ1n) is 4.70. The highest BCUT2D eigenvalue weighted by Gasteiger charge is 2.09. The van der Waals surface area contributed by atoms with Gasteiger partial charge < -0.3 is 4.42 Å². The summed E-state index contributed by atoms with van der Waals surface area (Å²) < 4.78 is 4.87. The van der Waals surface area contributed by atoms with Gasteiger partial charge in [0, 0.05) is 6.20 Å². The first kappa shape index (κ1) is 10.8. The minimum atomic E-state index is -0.608. The van der Waals surface area contributed by atoms with Crippen LogP contribution in [0, 0.1) is 10.1 Å². The van der Waals surface area contributed by atoms with E-state index in [1.54, 1.807) is 18.3 Å². The minimum absolute atomic E-state index is 0.292. The highest BCUT2D eigenvalue weighted by Crippen LogP contribution is 2.13. The molecule has 86 valence electrons. The van der Waals surface area contributed by atoms with Gasteiger partial charge in [-0.3, -0.25) is 15.5 Å². The lowest BCUT2D eigenvalue weighted by Crippen LogP contribution is -1.91. The Bertz CT molecular complexity index is 535. The lowest BCUT2D eigenvalue weighted by Gasteiger charge is -1.95. The molecule has 0 saturated carbocycles. The predicted octanol–water partition coefficient (Wildman–Crippen LogP) is 2.03. The number of hydrogen-bond donors (Lipinski definition) is 1. The van der Waals surface area contributed by atoms with Crippen molar-refractivity contribution in [2.24, 2.45) is 5.10 Å². The maximum absolute atomic E-state index is 10.4. The molecule has 0 saturated heterocycles. The maximum atomic E-state index is 10.4. The highest BCUT2D eigenvalue weighted by molar-refractivity contribution is 5.76. The standard InChI is InChI=1S/C10H8N4O3/c15-14(16)10-5-4-8(17-10)7-12-13-9-3-1-2-6-11-9/h1-7H,(H,11,13)/b12-7-. The van der Waals surface area contributed by atoms with E-state index in [9.17, 15) is 10.1 Å². The molecule has 17 heavy (non-hydrogen) atoms. The Morgan fingerprint density at radius 3 is 2.94 bits per heavy atom. The molecule has 0 aliphatic carbocycles. The van der Waals surface area contributed by atoms with Gasteiger partial charge in [0.1, 0.15) is 10.7 Å². The van der Waals surface area contributed by atoms with E-state index in [1.165, 1.54) is 18.3 Å². The van der Waals surface area contributed by atoms with Crippen molar-refractivity contribution in [2.75, 3.05) is 5.43 Å². The summed E-state index contributed by atoms with van der Waals surface area (Å²) in [6.45, 7) is 0. The van der Waals surface area contributed by atoms with Crippen molar-refractivity contribution in [1.29, 1.82) is 0 Å². The van der Waals surface area contributed by atoms with Crippen LogP contribution >= 0.6 is 0 Å². The molecule has 2 aromatic rings. The van der Waals surface area contributed by atoms with E-state index in [0.717, 1.165) is 0 Å². The number of nitrogens with one attached hydrogen (secondary N) is 1. The van der Waals surface area contributed by atoms with Crippen molar-refractivity contribution in [3.05, 3.63) is 52.4 Å². The molecule has 0 spiro atoms. The van der Waals surface area contributed by atoms with E-state index in [0.29, 0.717) is 11.6 Å². The fraction of sp³-hybridized carbons (Fsp3) is 0. The van der Waals surface area contributed by atoms with E-state index < -0.39 is 4.92 Å². The molecule has 0 aromatic carbocycles. The summed E-state index contributed by atoms with van der Waals surface area (Å²) in [4.78, 5) is 13.7. The van der Waals surface area contributed by atoms with E-state index >= 15 is 0 Å². The first-order valence-corrected chi connectivity index (χ1v) is 4.70. The van der Waals surface area contributed by atoms with Gasteiger partial charge in [-0.15, -0.1) is 0 Å². The number of pyridine rings is 1. The largest absolute Gasteiger partial charge is 0.433 e. The number of nitro groups is 1. The second-order valence-corrected chi connectivity index (χ2v) is 3.02. The van der Waals surface area contributed by atoms with E-state index in [2.05, 4.69) is 15.5 Å². The third kappa shape index (κ3) is 2.88. The maximum Gasteiger partial charge on any atom is 0.433 e. The van der Waals surface area contributed by atoms with Crippen LogP contribution in [0.25, 0.3) is 0 Å². The number of anilines is 1. The zero-order valence-corrected chi connectivity index (χ0v) is 8.61. The van der Waals surface area contributed by atoms with Crippen molar-refractivity contribution < 1.29 is 9.34 Å². The zero-order chi connectivity index (χ0) is 12.1. The minimum Gasteiger partial charge on any atom is -0.400 e. The van der Waals surface area contributed by atoms with E-state index in [1.807, 2.05) is 6.07 Å². The Kier molecular flexibility index (Phi) is 3.10. The van der Waals surface area contributed by atoms with Crippen LogP contribution in [0.1, 0.15) is 5.76 Å². The van der Waals surface area contributed by atoms with Gasteiger partial charge in [-0.2, -0.15) is 5.10 Å². The summed E-state index contributed by atoms with van der Waals surface area (Å²) in [5.41, 5.74) is 2.66. The van der Waals surface area contributed by atoms with Gasteiger partial charge in [-0.1, -0.05) is 6.07 Å². The average Bonchev–Trinajstić information content (AvgIpc) is 2.79. The molecule has 2 rings (SSSR count). The monoisotopic (exact) mass is 232 g/mol. The Labute approximate surface area is 95.9 Å². The lowest BCUT2D eigenvalue weighted by molar-refractivity contribution is -0.402. The van der Waals surface area contributed by atoms with Crippen molar-refractivity contribution in [3.63, 3.8) is 0 Å². The van der Waals surface area contributed by atoms with Gasteiger partial charge in [0.15, 0.2) is 5.76 Å². The van der Waals surface area contributed by atoms with Crippen LogP contribution < -0.4 is 5.43 Å². The summed E-state index contributed by atoms with van der Waals surface area (Å²) in [5.74, 6) is 0.550. The Balaban J connectivity index is 1.98. The third-order valence-electron chi connectivity index (χ3n) is 1.83. The molecule has 2 heterocycles. The molecule has 2 aromatic heterocycles. The second kappa shape index (κ2) is 4.88. The number of furan rings is 1. The smallest absolute Gasteiger partial charge is 0.400 e. The quantitative estimate of drug-likeness (QED) is 0.494. The molecule has 1 N–H and O–H groups in total. The molecular formula is C10H8N4O3. The second-order valence-electron chi connectivity index (χ2n) is 3.02. The molecule has 0 aliphatic heterocycles. The van der Waals surface area contributed by atoms with Gasteiger partial charge in [0.2, 0.25) is 0 Å². The molecular weight excluding hydrogens is 224 g/mol. The Morgan fingerprint density at radius 1 is 1.41 bits per heavy atom. The molecule has 7 nitrogen and oxygen atoms in total. The summed E-state index contributed by atoms with van der Waals surface area (Å²) in [7, 11) is 0. The molecule has 0 aliphatic rings. The van der Waals surface area contributed by atoms with Gasteiger partial charge in [-0.05, 0) is 18.2 Å². The lowest BCUT2D eigenvalue weighted by atomic mass is 10.5. The third-order valence-corrected chi connectivity index (χ3v) is 1.83. The summed E-state index contributed by atoms with van der Waals surface area (Å²) >= 11 is 0. The topological polar surface area (TPSA) is 93.6 Å². The van der Waals surface area contributed by atoms with E-state index in [-0.39, 0.29) is 5.88 Å². The average molecular weight is 232 g/mol. The normalized spacial score (nSPS) is 10.6. The number of aromatic nitrogens is 1. The van der Waals surface area contributed by atoms with Crippen molar-refractivity contribution in [2.45, 2.75) is 0 Å². The van der Waals surface area contributed by atoms with Crippen LogP contribution in [0.15, 0.2) is 46.0 Å². The van der Waals surface area contributed by atoms with Crippen molar-refractivity contribution in [1.82, 2.24) is 4.98 Å². The number of hydrazone groups is 1.